The molecule has 0 fully saturated rings. The van der Waals surface area contributed by atoms with Gasteiger partial charge in [0.1, 0.15) is 0 Å². The number of nitrogens with one attached hydrogen (secondary N) is 1. The lowest BCUT2D eigenvalue weighted by Gasteiger charge is -2.34. The van der Waals surface area contributed by atoms with Crippen molar-refractivity contribution in [1.29, 1.82) is 0 Å². The third kappa shape index (κ3) is 5.00. The molecule has 0 unspecified atom stereocenters. The van der Waals surface area contributed by atoms with Crippen LogP contribution in [0.3, 0.4) is 0 Å². The summed E-state index contributed by atoms with van der Waals surface area (Å²) in [6, 6.07) is 16.8. The molecular formula is C22H26N2O5. The Bertz CT molecular complexity index is 797. The normalized spacial score (nSPS) is 12.3. The Balaban J connectivity index is 2.54. The van der Waals surface area contributed by atoms with Crippen molar-refractivity contribution in [2.75, 3.05) is 6.61 Å². The zero-order chi connectivity index (χ0) is 21.4. The summed E-state index contributed by atoms with van der Waals surface area (Å²) in [7, 11) is 0. The minimum absolute atomic E-state index is 0.221. The Hall–Kier alpha value is -3.19. The van der Waals surface area contributed by atoms with Crippen molar-refractivity contribution in [2.24, 2.45) is 11.7 Å². The average Bonchev–Trinajstić information content (AvgIpc) is 2.70. The number of benzene rings is 2. The van der Waals surface area contributed by atoms with Gasteiger partial charge >= 0.3 is 12.0 Å². The second kappa shape index (κ2) is 9.84. The number of carbonyl (C=O) groups is 3. The topological polar surface area (TPSA) is 108 Å². The van der Waals surface area contributed by atoms with Gasteiger partial charge in [-0.25, -0.2) is 9.59 Å². The molecule has 0 aliphatic heterocycles. The SMILES string of the molecule is CCOC(C(=O)O[C@H](C(=O)NC(N)=O)C(C)C)(c1ccccc1)c1ccccc1. The van der Waals surface area contributed by atoms with Crippen LogP contribution in [0, 0.1) is 5.92 Å². The quantitative estimate of drug-likeness (QED) is 0.665. The van der Waals surface area contributed by atoms with Gasteiger partial charge in [-0.2, -0.15) is 0 Å². The Labute approximate surface area is 170 Å². The maximum Gasteiger partial charge on any atom is 0.348 e. The van der Waals surface area contributed by atoms with Gasteiger partial charge in [-0.15, -0.1) is 0 Å². The molecule has 0 saturated heterocycles. The van der Waals surface area contributed by atoms with Crippen molar-refractivity contribution in [1.82, 2.24) is 5.32 Å². The molecule has 0 radical (unpaired) electrons. The summed E-state index contributed by atoms with van der Waals surface area (Å²) in [5.74, 6) is -1.94. The number of carbonyl (C=O) groups excluding carboxylic acids is 3. The average molecular weight is 398 g/mol. The molecule has 1 atom stereocenters. The number of urea groups is 1. The summed E-state index contributed by atoms with van der Waals surface area (Å²) in [6.45, 7) is 5.39. The van der Waals surface area contributed by atoms with Gasteiger partial charge in [0, 0.05) is 6.61 Å². The Kier molecular flexibility index (Phi) is 7.50. The second-order valence-corrected chi connectivity index (χ2v) is 6.77. The van der Waals surface area contributed by atoms with Gasteiger partial charge in [-0.05, 0) is 24.0 Å². The van der Waals surface area contributed by atoms with E-state index < -0.39 is 35.5 Å². The maximum atomic E-state index is 13.5. The molecule has 3 amide bonds. The van der Waals surface area contributed by atoms with Crippen molar-refractivity contribution < 1.29 is 23.9 Å². The standard InChI is InChI=1S/C22H26N2O5/c1-4-28-22(16-11-7-5-8-12-16,17-13-9-6-10-14-17)20(26)29-18(15(2)3)19(25)24-21(23)27/h5-15,18H,4H2,1-3H3,(H3,23,24,25,27)/t18-/m0/s1. The van der Waals surface area contributed by atoms with E-state index in [2.05, 4.69) is 0 Å². The number of rotatable bonds is 8. The fourth-order valence-corrected chi connectivity index (χ4v) is 3.07. The first-order valence-corrected chi connectivity index (χ1v) is 9.39. The molecule has 2 rings (SSSR count). The Morgan fingerprint density at radius 2 is 1.45 bits per heavy atom. The monoisotopic (exact) mass is 398 g/mol. The predicted molar refractivity (Wildman–Crippen MR) is 108 cm³/mol. The highest BCUT2D eigenvalue weighted by atomic mass is 16.6. The molecule has 0 aliphatic rings. The minimum atomic E-state index is -1.57. The van der Waals surface area contributed by atoms with E-state index in [1.165, 1.54) is 0 Å². The van der Waals surface area contributed by atoms with E-state index in [0.29, 0.717) is 11.1 Å². The highest BCUT2D eigenvalue weighted by Gasteiger charge is 2.46. The van der Waals surface area contributed by atoms with Crippen molar-refractivity contribution >= 4 is 17.9 Å². The smallest absolute Gasteiger partial charge is 0.348 e. The number of hydrogen-bond acceptors (Lipinski definition) is 5. The lowest BCUT2D eigenvalue weighted by molar-refractivity contribution is -0.178. The van der Waals surface area contributed by atoms with Crippen molar-refractivity contribution in [3.63, 3.8) is 0 Å². The molecule has 0 heterocycles. The summed E-state index contributed by atoms with van der Waals surface area (Å²) >= 11 is 0. The van der Waals surface area contributed by atoms with Crippen molar-refractivity contribution in [2.45, 2.75) is 32.5 Å². The van der Waals surface area contributed by atoms with Crippen molar-refractivity contribution in [3.8, 4) is 0 Å². The summed E-state index contributed by atoms with van der Waals surface area (Å²) in [4.78, 5) is 37.0. The highest BCUT2D eigenvalue weighted by molar-refractivity contribution is 5.97. The molecule has 0 spiro atoms. The van der Waals surface area contributed by atoms with E-state index >= 15 is 0 Å². The van der Waals surface area contributed by atoms with Crippen LogP contribution in [-0.4, -0.2) is 30.6 Å². The van der Waals surface area contributed by atoms with Crippen LogP contribution in [0.5, 0.6) is 0 Å². The molecule has 7 nitrogen and oxygen atoms in total. The molecular weight excluding hydrogens is 372 g/mol. The first kappa shape index (κ1) is 22.1. The number of primary amides is 1. The lowest BCUT2D eigenvalue weighted by atomic mass is 9.85. The molecule has 2 aromatic carbocycles. The van der Waals surface area contributed by atoms with Crippen LogP contribution in [0.15, 0.2) is 60.7 Å². The number of hydrogen-bond donors (Lipinski definition) is 2. The minimum Gasteiger partial charge on any atom is -0.449 e. The molecule has 3 N–H and O–H groups in total. The second-order valence-electron chi connectivity index (χ2n) is 6.77. The molecule has 0 bridgehead atoms. The molecule has 0 saturated carbocycles. The van der Waals surface area contributed by atoms with E-state index in [4.69, 9.17) is 15.2 Å². The van der Waals surface area contributed by atoms with Gasteiger partial charge < -0.3 is 15.2 Å². The van der Waals surface area contributed by atoms with Gasteiger partial charge in [0.25, 0.3) is 5.91 Å². The Morgan fingerprint density at radius 3 is 1.83 bits per heavy atom. The van der Waals surface area contributed by atoms with Crippen LogP contribution in [0.2, 0.25) is 0 Å². The number of imide groups is 1. The number of esters is 1. The van der Waals surface area contributed by atoms with Gasteiger partial charge in [0.05, 0.1) is 0 Å². The van der Waals surface area contributed by atoms with E-state index in [1.807, 2.05) is 17.4 Å². The maximum absolute atomic E-state index is 13.5. The number of amides is 3. The van der Waals surface area contributed by atoms with Crippen LogP contribution in [-0.2, 0) is 24.7 Å². The molecule has 29 heavy (non-hydrogen) atoms. The van der Waals surface area contributed by atoms with Gasteiger partial charge in [0.15, 0.2) is 6.10 Å². The predicted octanol–water partition coefficient (Wildman–Crippen LogP) is 2.73. The molecule has 154 valence electrons. The first-order valence-electron chi connectivity index (χ1n) is 9.39. The Morgan fingerprint density at radius 1 is 0.966 bits per heavy atom. The molecule has 7 heteroatoms. The van der Waals surface area contributed by atoms with E-state index in [9.17, 15) is 14.4 Å². The van der Waals surface area contributed by atoms with Crippen LogP contribution in [0.4, 0.5) is 4.79 Å². The van der Waals surface area contributed by atoms with Crippen LogP contribution >= 0.6 is 0 Å². The van der Waals surface area contributed by atoms with E-state index in [0.717, 1.165) is 0 Å². The van der Waals surface area contributed by atoms with Gasteiger partial charge in [-0.1, -0.05) is 74.5 Å². The highest BCUT2D eigenvalue weighted by Crippen LogP contribution is 2.36. The number of ether oxygens (including phenoxy) is 2. The summed E-state index contributed by atoms with van der Waals surface area (Å²) in [5, 5.41) is 1.97. The third-order valence-corrected chi connectivity index (χ3v) is 4.35. The molecule has 0 aromatic heterocycles. The largest absolute Gasteiger partial charge is 0.449 e. The fraction of sp³-hybridized carbons (Fsp3) is 0.318. The summed E-state index contributed by atoms with van der Waals surface area (Å²) in [5.41, 5.74) is 4.60. The molecule has 0 aliphatic carbocycles. The van der Waals surface area contributed by atoms with Crippen LogP contribution in [0.1, 0.15) is 31.9 Å². The summed E-state index contributed by atoms with van der Waals surface area (Å²) < 4.78 is 11.6. The van der Waals surface area contributed by atoms with Gasteiger partial charge in [-0.3, -0.25) is 10.1 Å². The zero-order valence-electron chi connectivity index (χ0n) is 16.8. The first-order chi connectivity index (χ1) is 13.8. The van der Waals surface area contributed by atoms with Gasteiger partial charge in [0.2, 0.25) is 5.60 Å². The van der Waals surface area contributed by atoms with Crippen molar-refractivity contribution in [3.05, 3.63) is 71.8 Å². The number of nitrogens with two attached hydrogens (primary N) is 1. The van der Waals surface area contributed by atoms with E-state index in [1.54, 1.807) is 69.3 Å². The zero-order valence-corrected chi connectivity index (χ0v) is 16.8. The van der Waals surface area contributed by atoms with Crippen LogP contribution in [0.25, 0.3) is 0 Å². The molecule has 2 aromatic rings. The third-order valence-electron chi connectivity index (χ3n) is 4.35. The van der Waals surface area contributed by atoms with E-state index in [-0.39, 0.29) is 6.61 Å². The fourth-order valence-electron chi connectivity index (χ4n) is 3.07. The summed E-state index contributed by atoms with van der Waals surface area (Å²) in [6.07, 6.45) is -1.22. The van der Waals surface area contributed by atoms with Crippen LogP contribution < -0.4 is 11.1 Å². The lowest BCUT2D eigenvalue weighted by Crippen LogP contribution is -2.49.